The zero-order valence-electron chi connectivity index (χ0n) is 17.5. The lowest BCUT2D eigenvalue weighted by atomic mass is 10.2. The number of hydrogen-bond acceptors (Lipinski definition) is 5. The van der Waals surface area contributed by atoms with Gasteiger partial charge < -0.3 is 15.1 Å². The summed E-state index contributed by atoms with van der Waals surface area (Å²) in [5.74, 6) is 0.130. The molecule has 2 N–H and O–H groups in total. The van der Waals surface area contributed by atoms with Gasteiger partial charge in [-0.15, -0.1) is 11.3 Å². The van der Waals surface area contributed by atoms with Crippen LogP contribution in [0.2, 0.25) is 5.02 Å². The van der Waals surface area contributed by atoms with Gasteiger partial charge in [-0.25, -0.2) is 9.78 Å². The number of hydrogen-bond donors (Lipinski definition) is 2. The Bertz CT molecular complexity index is 1050. The molecule has 32 heavy (non-hydrogen) atoms. The number of amides is 3. The van der Waals surface area contributed by atoms with Gasteiger partial charge in [-0.05, 0) is 42.8 Å². The molecular weight excluding hydrogens is 446 g/mol. The van der Waals surface area contributed by atoms with E-state index in [2.05, 4.69) is 20.5 Å². The van der Waals surface area contributed by atoms with Crippen molar-refractivity contribution < 1.29 is 9.59 Å². The van der Waals surface area contributed by atoms with Crippen molar-refractivity contribution in [3.8, 4) is 0 Å². The molecular formula is C23H24ClN5O2S. The van der Waals surface area contributed by atoms with Crippen LogP contribution in [0.25, 0.3) is 0 Å². The van der Waals surface area contributed by atoms with Gasteiger partial charge in [-0.1, -0.05) is 29.8 Å². The smallest absolute Gasteiger partial charge is 0.325 e. The highest BCUT2D eigenvalue weighted by Gasteiger charge is 2.21. The lowest BCUT2D eigenvalue weighted by molar-refractivity contribution is -0.131. The first-order chi connectivity index (χ1) is 15.6. The maximum absolute atomic E-state index is 12.6. The molecule has 0 radical (unpaired) electrons. The molecule has 2 aromatic carbocycles. The number of carbonyl (C=O) groups is 2. The number of nitrogens with zero attached hydrogens (tertiary/aromatic N) is 3. The monoisotopic (exact) mass is 469 g/mol. The van der Waals surface area contributed by atoms with Crippen molar-refractivity contribution in [2.45, 2.75) is 12.8 Å². The van der Waals surface area contributed by atoms with Crippen LogP contribution >= 0.6 is 22.9 Å². The average molecular weight is 470 g/mol. The molecule has 9 heteroatoms. The highest BCUT2D eigenvalue weighted by atomic mass is 35.5. The van der Waals surface area contributed by atoms with E-state index >= 15 is 0 Å². The molecule has 1 aromatic heterocycles. The summed E-state index contributed by atoms with van der Waals surface area (Å²) in [6, 6.07) is 16.7. The first-order valence-corrected chi connectivity index (χ1v) is 11.7. The molecule has 0 spiro atoms. The average Bonchev–Trinajstić information content (AvgIpc) is 3.26. The van der Waals surface area contributed by atoms with Crippen LogP contribution in [0, 0.1) is 0 Å². The summed E-state index contributed by atoms with van der Waals surface area (Å²) in [6.07, 6.45) is 0.953. The topological polar surface area (TPSA) is 77.6 Å². The van der Waals surface area contributed by atoms with Crippen LogP contribution in [0.3, 0.4) is 0 Å². The predicted octanol–water partition coefficient (Wildman–Crippen LogP) is 4.72. The number of anilines is 3. The van der Waals surface area contributed by atoms with E-state index in [-0.39, 0.29) is 11.9 Å². The number of aryl methyl sites for hydroxylation is 1. The quantitative estimate of drug-likeness (QED) is 0.547. The fourth-order valence-corrected chi connectivity index (χ4v) is 4.39. The van der Waals surface area contributed by atoms with Gasteiger partial charge in [-0.3, -0.25) is 10.1 Å². The van der Waals surface area contributed by atoms with Crippen LogP contribution in [0.15, 0.2) is 60.0 Å². The third-order valence-corrected chi connectivity index (χ3v) is 6.28. The molecule has 3 aromatic rings. The number of thiazole rings is 1. The molecule has 3 amide bonds. The number of benzene rings is 2. The van der Waals surface area contributed by atoms with E-state index < -0.39 is 0 Å². The number of urea groups is 1. The van der Waals surface area contributed by atoms with Crippen LogP contribution in [0.5, 0.6) is 0 Å². The van der Waals surface area contributed by atoms with E-state index in [1.165, 1.54) is 11.3 Å². The van der Waals surface area contributed by atoms with E-state index in [1.807, 2.05) is 64.9 Å². The Morgan fingerprint density at radius 3 is 2.41 bits per heavy atom. The molecule has 0 bridgehead atoms. The second-order valence-corrected chi connectivity index (χ2v) is 8.73. The van der Waals surface area contributed by atoms with E-state index in [4.69, 9.17) is 11.6 Å². The Kier molecular flexibility index (Phi) is 7.24. The van der Waals surface area contributed by atoms with Crippen molar-refractivity contribution in [3.05, 3.63) is 70.7 Å². The van der Waals surface area contributed by atoms with E-state index in [0.29, 0.717) is 36.8 Å². The highest BCUT2D eigenvalue weighted by Crippen LogP contribution is 2.21. The third-order valence-electron chi connectivity index (χ3n) is 5.22. The molecule has 4 rings (SSSR count). The van der Waals surface area contributed by atoms with Crippen molar-refractivity contribution in [2.75, 3.05) is 41.7 Å². The minimum Gasteiger partial charge on any atom is -0.368 e. The lowest BCUT2D eigenvalue weighted by Crippen LogP contribution is -2.48. The van der Waals surface area contributed by atoms with Crippen molar-refractivity contribution >= 4 is 51.4 Å². The van der Waals surface area contributed by atoms with Crippen LogP contribution in [-0.2, 0) is 11.2 Å². The van der Waals surface area contributed by atoms with Gasteiger partial charge in [0, 0.05) is 54.4 Å². The summed E-state index contributed by atoms with van der Waals surface area (Å²) in [4.78, 5) is 33.3. The lowest BCUT2D eigenvalue weighted by Gasteiger charge is -2.36. The minimum absolute atomic E-state index is 0.130. The fraction of sp³-hybridized carbons (Fsp3) is 0.261. The third kappa shape index (κ3) is 5.99. The van der Waals surface area contributed by atoms with Crippen molar-refractivity contribution in [1.82, 2.24) is 9.88 Å². The molecule has 1 aliphatic heterocycles. The number of para-hydroxylation sites is 1. The van der Waals surface area contributed by atoms with Crippen LogP contribution < -0.4 is 15.5 Å². The second kappa shape index (κ2) is 10.5. The zero-order chi connectivity index (χ0) is 22.3. The van der Waals surface area contributed by atoms with Gasteiger partial charge in [0.05, 0.1) is 5.69 Å². The SMILES string of the molecule is O=C(Nc1ccccc1)Nc1nc(CCC(=O)N2CCN(c3ccc(Cl)cc3)CC2)cs1. The summed E-state index contributed by atoms with van der Waals surface area (Å²) in [5, 5.41) is 8.60. The molecule has 0 unspecified atom stereocenters. The first-order valence-electron chi connectivity index (χ1n) is 10.4. The summed E-state index contributed by atoms with van der Waals surface area (Å²) in [6.45, 7) is 3.00. The van der Waals surface area contributed by atoms with Gasteiger partial charge in [0.25, 0.3) is 0 Å². The second-order valence-electron chi connectivity index (χ2n) is 7.43. The van der Waals surface area contributed by atoms with E-state index in [9.17, 15) is 9.59 Å². The number of rotatable bonds is 6. The molecule has 1 fully saturated rings. The number of halogens is 1. The van der Waals surface area contributed by atoms with Crippen molar-refractivity contribution in [3.63, 3.8) is 0 Å². The fourth-order valence-electron chi connectivity index (χ4n) is 3.52. The standard InChI is InChI=1S/C23H24ClN5O2S/c24-17-6-9-20(10-7-17)28-12-14-29(15-13-28)21(30)11-8-19-16-32-23(26-19)27-22(31)25-18-4-2-1-3-5-18/h1-7,9-10,16H,8,11-15H2,(H2,25,26,27,31). The maximum Gasteiger partial charge on any atom is 0.325 e. The normalized spacial score (nSPS) is 13.7. The number of carbonyl (C=O) groups excluding carboxylic acids is 2. The van der Waals surface area contributed by atoms with Gasteiger partial charge in [0.15, 0.2) is 5.13 Å². The summed E-state index contributed by atoms with van der Waals surface area (Å²) in [7, 11) is 0. The number of piperazine rings is 1. The molecule has 2 heterocycles. The summed E-state index contributed by atoms with van der Waals surface area (Å²) in [5.41, 5.74) is 2.64. The van der Waals surface area contributed by atoms with Crippen molar-refractivity contribution in [2.24, 2.45) is 0 Å². The molecule has 0 atom stereocenters. The summed E-state index contributed by atoms with van der Waals surface area (Å²) >= 11 is 7.31. The maximum atomic E-state index is 12.6. The molecule has 0 aliphatic carbocycles. The van der Waals surface area contributed by atoms with Gasteiger partial charge in [0.1, 0.15) is 0 Å². The van der Waals surface area contributed by atoms with E-state index in [0.717, 1.165) is 29.5 Å². The molecule has 166 valence electrons. The van der Waals surface area contributed by atoms with Gasteiger partial charge in [-0.2, -0.15) is 0 Å². The van der Waals surface area contributed by atoms with Crippen LogP contribution in [0.4, 0.5) is 21.3 Å². The van der Waals surface area contributed by atoms with Crippen molar-refractivity contribution in [1.29, 1.82) is 0 Å². The van der Waals surface area contributed by atoms with Crippen LogP contribution in [0.1, 0.15) is 12.1 Å². The Morgan fingerprint density at radius 2 is 1.69 bits per heavy atom. The Morgan fingerprint density at radius 1 is 0.969 bits per heavy atom. The molecule has 7 nitrogen and oxygen atoms in total. The summed E-state index contributed by atoms with van der Waals surface area (Å²) < 4.78 is 0. The Hall–Kier alpha value is -3.10. The Balaban J connectivity index is 1.20. The Labute approximate surface area is 196 Å². The van der Waals surface area contributed by atoms with Gasteiger partial charge in [0.2, 0.25) is 5.91 Å². The number of aromatic nitrogens is 1. The molecule has 0 saturated carbocycles. The zero-order valence-corrected chi connectivity index (χ0v) is 19.0. The van der Waals surface area contributed by atoms with E-state index in [1.54, 1.807) is 0 Å². The number of nitrogens with one attached hydrogen (secondary N) is 2. The first kappa shape index (κ1) is 22.1. The predicted molar refractivity (Wildman–Crippen MR) is 130 cm³/mol. The van der Waals surface area contributed by atoms with Crippen LogP contribution in [-0.4, -0.2) is 48.0 Å². The molecule has 1 saturated heterocycles. The van der Waals surface area contributed by atoms with Gasteiger partial charge >= 0.3 is 6.03 Å². The minimum atomic E-state index is -0.341. The largest absolute Gasteiger partial charge is 0.368 e. The highest BCUT2D eigenvalue weighted by molar-refractivity contribution is 7.13. The molecule has 1 aliphatic rings.